The van der Waals surface area contributed by atoms with Crippen molar-refractivity contribution < 1.29 is 13.7 Å². The molecule has 1 unspecified atom stereocenters. The molecule has 1 atom stereocenters. The van der Waals surface area contributed by atoms with Gasteiger partial charge in [-0.25, -0.2) is 0 Å². The summed E-state index contributed by atoms with van der Waals surface area (Å²) in [6, 6.07) is 4.98. The molecule has 0 heterocycles. The van der Waals surface area contributed by atoms with Gasteiger partial charge in [-0.3, -0.25) is 9.00 Å². The van der Waals surface area contributed by atoms with Crippen LogP contribution in [0.25, 0.3) is 0 Å². The van der Waals surface area contributed by atoms with Gasteiger partial charge in [-0.2, -0.15) is 0 Å². The number of ether oxygens (including phenoxy) is 1. The fourth-order valence-electron chi connectivity index (χ4n) is 1.53. The highest BCUT2D eigenvalue weighted by Gasteiger charge is 2.11. The minimum absolute atomic E-state index is 0.00203. The summed E-state index contributed by atoms with van der Waals surface area (Å²) in [7, 11) is 0.393. The van der Waals surface area contributed by atoms with Gasteiger partial charge in [0.25, 0.3) is 0 Å². The second kappa shape index (κ2) is 7.78. The van der Waals surface area contributed by atoms with E-state index in [1.807, 2.05) is 6.92 Å². The van der Waals surface area contributed by atoms with Crippen molar-refractivity contribution in [3.8, 4) is 5.75 Å². The standard InChI is InChI=1S/C13H20N2O3S/c1-3-4-7-19(17)9-13(16)15-11-8-10(14)5-6-12(11)18-2/h5-6,8H,3-4,7,9,14H2,1-2H3,(H,15,16). The van der Waals surface area contributed by atoms with Gasteiger partial charge in [0.05, 0.1) is 12.8 Å². The van der Waals surface area contributed by atoms with E-state index in [2.05, 4.69) is 5.32 Å². The van der Waals surface area contributed by atoms with Crippen molar-refractivity contribution in [2.45, 2.75) is 19.8 Å². The number of amides is 1. The number of anilines is 2. The topological polar surface area (TPSA) is 81.4 Å². The van der Waals surface area contributed by atoms with E-state index < -0.39 is 10.8 Å². The first-order valence-corrected chi connectivity index (χ1v) is 7.64. The van der Waals surface area contributed by atoms with Gasteiger partial charge in [0, 0.05) is 22.2 Å². The first-order chi connectivity index (χ1) is 9.06. The van der Waals surface area contributed by atoms with Gasteiger partial charge in [-0.1, -0.05) is 13.3 Å². The second-order valence-corrected chi connectivity index (χ2v) is 5.73. The molecule has 0 aromatic heterocycles. The average Bonchev–Trinajstić information content (AvgIpc) is 2.36. The van der Waals surface area contributed by atoms with Crippen LogP contribution in [0.1, 0.15) is 19.8 Å². The molecule has 1 aromatic carbocycles. The van der Waals surface area contributed by atoms with Crippen LogP contribution in [0.15, 0.2) is 18.2 Å². The molecule has 0 saturated heterocycles. The van der Waals surface area contributed by atoms with Crippen molar-refractivity contribution in [3.05, 3.63) is 18.2 Å². The maximum atomic E-state index is 11.8. The number of carbonyl (C=O) groups excluding carboxylic acids is 1. The SMILES string of the molecule is CCCCS(=O)CC(=O)Nc1cc(N)ccc1OC. The van der Waals surface area contributed by atoms with Gasteiger partial charge in [0.2, 0.25) is 5.91 Å². The molecule has 5 nitrogen and oxygen atoms in total. The second-order valence-electron chi connectivity index (χ2n) is 4.15. The summed E-state index contributed by atoms with van der Waals surface area (Å²) >= 11 is 0. The highest BCUT2D eigenvalue weighted by Crippen LogP contribution is 2.26. The van der Waals surface area contributed by atoms with Crippen molar-refractivity contribution in [2.75, 3.05) is 29.7 Å². The molecule has 0 aliphatic rings. The van der Waals surface area contributed by atoms with E-state index >= 15 is 0 Å². The van der Waals surface area contributed by atoms with Crippen LogP contribution in [0.4, 0.5) is 11.4 Å². The van der Waals surface area contributed by atoms with Crippen molar-refractivity contribution in [1.82, 2.24) is 0 Å². The number of hydrogen-bond acceptors (Lipinski definition) is 4. The molecule has 0 aliphatic carbocycles. The summed E-state index contributed by atoms with van der Waals surface area (Å²) in [6.07, 6.45) is 1.83. The number of nitrogen functional groups attached to an aromatic ring is 1. The fraction of sp³-hybridized carbons (Fsp3) is 0.462. The minimum atomic E-state index is -1.12. The van der Waals surface area contributed by atoms with Crippen LogP contribution in [0.3, 0.4) is 0 Å². The van der Waals surface area contributed by atoms with Crippen molar-refractivity contribution >= 4 is 28.1 Å². The Hall–Kier alpha value is -1.56. The summed E-state index contributed by atoms with van der Waals surface area (Å²) in [5.41, 5.74) is 6.69. The maximum Gasteiger partial charge on any atom is 0.237 e. The predicted octanol–water partition coefficient (Wildman–Crippen LogP) is 1.76. The zero-order chi connectivity index (χ0) is 14.3. The van der Waals surface area contributed by atoms with Crippen LogP contribution in [0.2, 0.25) is 0 Å². The quantitative estimate of drug-likeness (QED) is 0.748. The third-order valence-corrected chi connectivity index (χ3v) is 3.84. The van der Waals surface area contributed by atoms with Crippen molar-refractivity contribution in [2.24, 2.45) is 0 Å². The molecular formula is C13H20N2O3S. The Bertz CT molecular complexity index is 463. The molecule has 0 saturated carbocycles. The van der Waals surface area contributed by atoms with E-state index in [1.165, 1.54) is 7.11 Å². The minimum Gasteiger partial charge on any atom is -0.495 e. The highest BCUT2D eigenvalue weighted by molar-refractivity contribution is 7.85. The molecule has 0 aliphatic heterocycles. The summed E-state index contributed by atoms with van der Waals surface area (Å²) < 4.78 is 16.7. The number of benzene rings is 1. The molecule has 106 valence electrons. The Kier molecular flexibility index (Phi) is 6.35. The molecule has 6 heteroatoms. The lowest BCUT2D eigenvalue weighted by Crippen LogP contribution is -2.21. The summed E-state index contributed by atoms with van der Waals surface area (Å²) in [5, 5.41) is 2.67. The molecule has 1 rings (SSSR count). The Morgan fingerprint density at radius 1 is 1.47 bits per heavy atom. The number of nitrogens with one attached hydrogen (secondary N) is 1. The largest absolute Gasteiger partial charge is 0.495 e. The number of rotatable bonds is 7. The van der Waals surface area contributed by atoms with Gasteiger partial charge in [0.1, 0.15) is 11.5 Å². The van der Waals surface area contributed by atoms with E-state index in [4.69, 9.17) is 10.5 Å². The van der Waals surface area contributed by atoms with E-state index in [0.29, 0.717) is 22.9 Å². The van der Waals surface area contributed by atoms with Crippen molar-refractivity contribution in [3.63, 3.8) is 0 Å². The fourth-order valence-corrected chi connectivity index (χ4v) is 2.65. The van der Waals surface area contributed by atoms with E-state index in [0.717, 1.165) is 12.8 Å². The number of unbranched alkanes of at least 4 members (excludes halogenated alkanes) is 1. The van der Waals surface area contributed by atoms with Gasteiger partial charge in [0.15, 0.2) is 0 Å². The summed E-state index contributed by atoms with van der Waals surface area (Å²) in [6.45, 7) is 2.02. The Morgan fingerprint density at radius 2 is 2.21 bits per heavy atom. The van der Waals surface area contributed by atoms with Gasteiger partial charge in [-0.05, 0) is 24.6 Å². The van der Waals surface area contributed by atoms with Gasteiger partial charge in [-0.15, -0.1) is 0 Å². The first-order valence-electron chi connectivity index (χ1n) is 6.15. The molecule has 0 fully saturated rings. The zero-order valence-electron chi connectivity index (χ0n) is 11.3. The molecule has 0 spiro atoms. The number of hydrogen-bond donors (Lipinski definition) is 2. The highest BCUT2D eigenvalue weighted by atomic mass is 32.2. The molecule has 1 aromatic rings. The van der Waals surface area contributed by atoms with Gasteiger partial charge >= 0.3 is 0 Å². The van der Waals surface area contributed by atoms with Crippen LogP contribution in [-0.4, -0.2) is 28.7 Å². The third-order valence-electron chi connectivity index (χ3n) is 2.52. The number of carbonyl (C=O) groups is 1. The third kappa shape index (κ3) is 5.30. The van der Waals surface area contributed by atoms with Crippen LogP contribution >= 0.6 is 0 Å². The number of methoxy groups -OCH3 is 1. The van der Waals surface area contributed by atoms with E-state index in [-0.39, 0.29) is 11.7 Å². The summed E-state index contributed by atoms with van der Waals surface area (Å²) in [5.74, 6) is 0.788. The lowest BCUT2D eigenvalue weighted by Gasteiger charge is -2.10. The normalized spacial score (nSPS) is 11.9. The summed E-state index contributed by atoms with van der Waals surface area (Å²) in [4.78, 5) is 11.8. The predicted molar refractivity (Wildman–Crippen MR) is 78.8 cm³/mol. The number of nitrogens with two attached hydrogens (primary N) is 1. The maximum absolute atomic E-state index is 11.8. The lowest BCUT2D eigenvalue weighted by molar-refractivity contribution is -0.113. The molecule has 19 heavy (non-hydrogen) atoms. The lowest BCUT2D eigenvalue weighted by atomic mass is 10.2. The van der Waals surface area contributed by atoms with Crippen LogP contribution in [0, 0.1) is 0 Å². The first kappa shape index (κ1) is 15.5. The van der Waals surface area contributed by atoms with Crippen molar-refractivity contribution in [1.29, 1.82) is 0 Å². The van der Waals surface area contributed by atoms with E-state index in [1.54, 1.807) is 18.2 Å². The van der Waals surface area contributed by atoms with Crippen LogP contribution in [-0.2, 0) is 15.6 Å². The Labute approximate surface area is 116 Å². The Morgan fingerprint density at radius 3 is 2.84 bits per heavy atom. The Balaban J connectivity index is 2.61. The molecule has 0 radical (unpaired) electrons. The van der Waals surface area contributed by atoms with Crippen LogP contribution in [0.5, 0.6) is 5.75 Å². The van der Waals surface area contributed by atoms with Crippen LogP contribution < -0.4 is 15.8 Å². The van der Waals surface area contributed by atoms with E-state index in [9.17, 15) is 9.00 Å². The molecule has 3 N–H and O–H groups in total. The zero-order valence-corrected chi connectivity index (χ0v) is 12.1. The molecular weight excluding hydrogens is 264 g/mol. The molecule has 0 bridgehead atoms. The molecule has 1 amide bonds. The monoisotopic (exact) mass is 284 g/mol. The van der Waals surface area contributed by atoms with Gasteiger partial charge < -0.3 is 15.8 Å². The smallest absolute Gasteiger partial charge is 0.237 e. The average molecular weight is 284 g/mol.